The van der Waals surface area contributed by atoms with Gasteiger partial charge in [0.1, 0.15) is 5.75 Å². The van der Waals surface area contributed by atoms with Gasteiger partial charge in [-0.05, 0) is 38.1 Å². The Hall–Kier alpha value is -1.48. The fraction of sp³-hybridized carbons (Fsp3) is 0.467. The lowest BCUT2D eigenvalue weighted by Crippen LogP contribution is -2.23. The Morgan fingerprint density at radius 2 is 1.89 bits per heavy atom. The Kier molecular flexibility index (Phi) is 3.62. The van der Waals surface area contributed by atoms with Crippen LogP contribution in [0.1, 0.15) is 39.4 Å². The van der Waals surface area contributed by atoms with Gasteiger partial charge in [-0.3, -0.25) is 0 Å². The number of phenolic OH excluding ortho intramolecular Hbond substituents is 1. The van der Waals surface area contributed by atoms with E-state index >= 15 is 0 Å². The molecule has 3 heteroatoms. The molecule has 2 rings (SSSR count). The van der Waals surface area contributed by atoms with Crippen LogP contribution in [0.15, 0.2) is 24.3 Å². The summed E-state index contributed by atoms with van der Waals surface area (Å²) < 4.78 is 2.32. The number of aromatic nitrogens is 1. The number of aromatic hydroxyl groups is 1. The number of hydrogen-bond donors (Lipinski definition) is 2. The molecule has 0 aliphatic heterocycles. The van der Waals surface area contributed by atoms with Crippen LogP contribution in [-0.2, 0) is 6.54 Å². The number of benzene rings is 1. The van der Waals surface area contributed by atoms with Crippen LogP contribution in [0.5, 0.6) is 5.75 Å². The number of hydrogen-bond acceptors (Lipinski definition) is 2. The van der Waals surface area contributed by atoms with E-state index in [1.807, 2.05) is 12.1 Å². The van der Waals surface area contributed by atoms with Crippen molar-refractivity contribution in [2.24, 2.45) is 0 Å². The van der Waals surface area contributed by atoms with E-state index in [4.69, 9.17) is 0 Å². The van der Waals surface area contributed by atoms with Gasteiger partial charge in [0.15, 0.2) is 0 Å². The third-order valence-corrected chi connectivity index (χ3v) is 3.11. The molecule has 2 N–H and O–H groups in total. The maximum absolute atomic E-state index is 9.56. The highest BCUT2D eigenvalue weighted by atomic mass is 16.3. The summed E-state index contributed by atoms with van der Waals surface area (Å²) in [6.45, 7) is 9.52. The van der Waals surface area contributed by atoms with Crippen molar-refractivity contribution in [1.29, 1.82) is 0 Å². The van der Waals surface area contributed by atoms with E-state index in [0.717, 1.165) is 11.9 Å². The Morgan fingerprint density at radius 1 is 1.17 bits per heavy atom. The molecule has 0 aliphatic carbocycles. The van der Waals surface area contributed by atoms with Crippen LogP contribution < -0.4 is 5.32 Å². The first-order chi connectivity index (χ1) is 8.49. The van der Waals surface area contributed by atoms with E-state index in [1.165, 1.54) is 11.2 Å². The molecule has 0 amide bonds. The Bertz CT molecular complexity index is 541. The van der Waals surface area contributed by atoms with Gasteiger partial charge < -0.3 is 15.0 Å². The fourth-order valence-electron chi connectivity index (χ4n) is 2.34. The SMILES string of the molecule is CC(C)NCc1cc2cc(O)ccc2n1C(C)C. The molecule has 1 heterocycles. The molecular formula is C15H22N2O. The monoisotopic (exact) mass is 246 g/mol. The number of fused-ring (bicyclic) bond motifs is 1. The fourth-order valence-corrected chi connectivity index (χ4v) is 2.34. The van der Waals surface area contributed by atoms with Crippen molar-refractivity contribution >= 4 is 10.9 Å². The molecule has 0 saturated carbocycles. The second-order valence-electron chi connectivity index (χ2n) is 5.38. The number of nitrogens with one attached hydrogen (secondary N) is 1. The second-order valence-corrected chi connectivity index (χ2v) is 5.38. The minimum Gasteiger partial charge on any atom is -0.508 e. The molecule has 0 bridgehead atoms. The average molecular weight is 246 g/mol. The zero-order valence-electron chi connectivity index (χ0n) is 11.6. The molecule has 3 nitrogen and oxygen atoms in total. The highest BCUT2D eigenvalue weighted by molar-refractivity contribution is 5.83. The Balaban J connectivity index is 2.47. The van der Waals surface area contributed by atoms with E-state index in [0.29, 0.717) is 17.8 Å². The minimum atomic E-state index is 0.326. The van der Waals surface area contributed by atoms with Crippen LogP contribution in [0.3, 0.4) is 0 Å². The quantitative estimate of drug-likeness (QED) is 0.867. The molecule has 1 aromatic heterocycles. The summed E-state index contributed by atoms with van der Waals surface area (Å²) in [5.41, 5.74) is 2.45. The summed E-state index contributed by atoms with van der Waals surface area (Å²) in [5.74, 6) is 0.326. The van der Waals surface area contributed by atoms with Gasteiger partial charge in [-0.2, -0.15) is 0 Å². The van der Waals surface area contributed by atoms with Crippen molar-refractivity contribution in [3.63, 3.8) is 0 Å². The predicted molar refractivity (Wildman–Crippen MR) is 76.0 cm³/mol. The van der Waals surface area contributed by atoms with E-state index in [2.05, 4.69) is 43.6 Å². The largest absolute Gasteiger partial charge is 0.508 e. The molecular weight excluding hydrogens is 224 g/mol. The summed E-state index contributed by atoms with van der Waals surface area (Å²) in [4.78, 5) is 0. The van der Waals surface area contributed by atoms with Gasteiger partial charge >= 0.3 is 0 Å². The van der Waals surface area contributed by atoms with Crippen molar-refractivity contribution in [2.75, 3.05) is 0 Å². The van der Waals surface area contributed by atoms with Crippen molar-refractivity contribution in [3.8, 4) is 5.75 Å². The third kappa shape index (κ3) is 2.51. The van der Waals surface area contributed by atoms with Gasteiger partial charge in [0.2, 0.25) is 0 Å². The van der Waals surface area contributed by atoms with Crippen LogP contribution >= 0.6 is 0 Å². The topological polar surface area (TPSA) is 37.2 Å². The Morgan fingerprint density at radius 3 is 2.50 bits per heavy atom. The molecule has 18 heavy (non-hydrogen) atoms. The van der Waals surface area contributed by atoms with E-state index < -0.39 is 0 Å². The van der Waals surface area contributed by atoms with E-state index in [-0.39, 0.29) is 0 Å². The summed E-state index contributed by atoms with van der Waals surface area (Å²) in [5, 5.41) is 14.1. The molecule has 0 saturated heterocycles. The highest BCUT2D eigenvalue weighted by Crippen LogP contribution is 2.27. The summed E-state index contributed by atoms with van der Waals surface area (Å²) in [6, 6.07) is 8.61. The van der Waals surface area contributed by atoms with Crippen molar-refractivity contribution in [2.45, 2.75) is 46.3 Å². The lowest BCUT2D eigenvalue weighted by molar-refractivity contribution is 0.476. The van der Waals surface area contributed by atoms with Crippen LogP contribution in [-0.4, -0.2) is 15.7 Å². The number of phenols is 1. The second kappa shape index (κ2) is 5.02. The maximum Gasteiger partial charge on any atom is 0.116 e. The first-order valence-electron chi connectivity index (χ1n) is 6.55. The van der Waals surface area contributed by atoms with E-state index in [9.17, 15) is 5.11 Å². The molecule has 0 atom stereocenters. The average Bonchev–Trinajstić information content (AvgIpc) is 2.63. The minimum absolute atomic E-state index is 0.326. The molecule has 2 aromatic rings. The maximum atomic E-state index is 9.56. The van der Waals surface area contributed by atoms with Gasteiger partial charge in [-0.15, -0.1) is 0 Å². The molecule has 98 valence electrons. The number of nitrogens with zero attached hydrogens (tertiary/aromatic N) is 1. The number of rotatable bonds is 4. The standard InChI is InChI=1S/C15H22N2O/c1-10(2)16-9-13-7-12-8-14(18)5-6-15(12)17(13)11(3)4/h5-8,10-11,16,18H,9H2,1-4H3. The summed E-state index contributed by atoms with van der Waals surface area (Å²) in [7, 11) is 0. The van der Waals surface area contributed by atoms with Crippen LogP contribution in [0, 0.1) is 0 Å². The van der Waals surface area contributed by atoms with Gasteiger partial charge in [0, 0.05) is 35.2 Å². The summed E-state index contributed by atoms with van der Waals surface area (Å²) >= 11 is 0. The first kappa shape index (κ1) is 13.0. The van der Waals surface area contributed by atoms with Crippen LogP contribution in [0.2, 0.25) is 0 Å². The van der Waals surface area contributed by atoms with Crippen LogP contribution in [0.4, 0.5) is 0 Å². The van der Waals surface area contributed by atoms with Gasteiger partial charge in [0.05, 0.1) is 0 Å². The Labute approximate surface area is 108 Å². The molecule has 0 spiro atoms. The van der Waals surface area contributed by atoms with Gasteiger partial charge in [-0.25, -0.2) is 0 Å². The molecule has 0 aliphatic rings. The van der Waals surface area contributed by atoms with Crippen LogP contribution in [0.25, 0.3) is 10.9 Å². The highest BCUT2D eigenvalue weighted by Gasteiger charge is 2.11. The first-order valence-corrected chi connectivity index (χ1v) is 6.55. The normalized spacial score (nSPS) is 11.9. The lowest BCUT2D eigenvalue weighted by atomic mass is 10.2. The van der Waals surface area contributed by atoms with Crippen molar-refractivity contribution in [1.82, 2.24) is 9.88 Å². The summed E-state index contributed by atoms with van der Waals surface area (Å²) in [6.07, 6.45) is 0. The van der Waals surface area contributed by atoms with Gasteiger partial charge in [0.25, 0.3) is 0 Å². The zero-order valence-corrected chi connectivity index (χ0v) is 11.6. The molecule has 0 unspecified atom stereocenters. The predicted octanol–water partition coefficient (Wildman–Crippen LogP) is 3.43. The zero-order chi connectivity index (χ0) is 13.3. The molecule has 0 radical (unpaired) electrons. The molecule has 0 fully saturated rings. The van der Waals surface area contributed by atoms with Gasteiger partial charge in [-0.1, -0.05) is 13.8 Å². The molecule has 1 aromatic carbocycles. The van der Waals surface area contributed by atoms with Crippen molar-refractivity contribution in [3.05, 3.63) is 30.0 Å². The lowest BCUT2D eigenvalue weighted by Gasteiger charge is -2.16. The van der Waals surface area contributed by atoms with Crippen molar-refractivity contribution < 1.29 is 5.11 Å². The van der Waals surface area contributed by atoms with E-state index in [1.54, 1.807) is 6.07 Å². The smallest absolute Gasteiger partial charge is 0.116 e. The third-order valence-electron chi connectivity index (χ3n) is 3.11.